The maximum Gasteiger partial charge on any atom is 0.324 e. The molecule has 2 fully saturated rings. The molecule has 0 saturated carbocycles. The summed E-state index contributed by atoms with van der Waals surface area (Å²) in [7, 11) is -3.93. The van der Waals surface area contributed by atoms with E-state index in [1.807, 2.05) is 18.2 Å². The number of piperidine rings is 1. The zero-order valence-electron chi connectivity index (χ0n) is 20.0. The molecule has 0 bridgehead atoms. The van der Waals surface area contributed by atoms with Crippen LogP contribution in [0.1, 0.15) is 37.7 Å². The van der Waals surface area contributed by atoms with E-state index >= 15 is 0 Å². The number of nitrogens with zero attached hydrogens (tertiary/aromatic N) is 3. The molecule has 9 nitrogen and oxygen atoms in total. The second-order valence-electron chi connectivity index (χ2n) is 8.84. The molecule has 0 aliphatic carbocycles. The van der Waals surface area contributed by atoms with E-state index in [2.05, 4.69) is 26.7 Å². The molecule has 4 rings (SSSR count). The number of rotatable bonds is 10. The molecule has 1 unspecified atom stereocenters. The van der Waals surface area contributed by atoms with E-state index in [1.54, 1.807) is 12.1 Å². The van der Waals surface area contributed by atoms with Crippen LogP contribution in [0.25, 0.3) is 0 Å². The van der Waals surface area contributed by atoms with Crippen molar-refractivity contribution in [1.29, 1.82) is 0 Å². The van der Waals surface area contributed by atoms with E-state index in [0.29, 0.717) is 31.7 Å². The molecule has 1 atom stereocenters. The molecular formula is C25H34N4O5S. The van der Waals surface area contributed by atoms with Crippen LogP contribution in [0.2, 0.25) is 0 Å². The van der Waals surface area contributed by atoms with Crippen LogP contribution >= 0.6 is 0 Å². The highest BCUT2D eigenvalue weighted by molar-refractivity contribution is 7.90. The number of aromatic nitrogens is 1. The van der Waals surface area contributed by atoms with Gasteiger partial charge in [0, 0.05) is 19.6 Å². The fraction of sp³-hybridized carbons (Fsp3) is 0.520. The van der Waals surface area contributed by atoms with E-state index in [1.165, 1.54) is 16.1 Å². The summed E-state index contributed by atoms with van der Waals surface area (Å²) in [6.07, 6.45) is 6.01. The van der Waals surface area contributed by atoms with Gasteiger partial charge in [-0.15, -0.1) is 0 Å². The summed E-state index contributed by atoms with van der Waals surface area (Å²) in [4.78, 5) is 19.3. The van der Waals surface area contributed by atoms with Gasteiger partial charge >= 0.3 is 16.2 Å². The molecule has 1 N–H and O–H groups in total. The van der Waals surface area contributed by atoms with Crippen LogP contribution in [-0.2, 0) is 30.9 Å². The highest BCUT2D eigenvalue weighted by Gasteiger charge is 2.38. The molecule has 0 radical (unpaired) electrons. The first kappa shape index (κ1) is 25.4. The molecule has 2 aliphatic rings. The fourth-order valence-corrected chi connectivity index (χ4v) is 5.84. The van der Waals surface area contributed by atoms with Crippen LogP contribution in [0.4, 0.5) is 11.5 Å². The Bertz CT molecular complexity index is 1040. The van der Waals surface area contributed by atoms with Gasteiger partial charge in [0.1, 0.15) is 11.9 Å². The maximum absolute atomic E-state index is 13.1. The number of morpholine rings is 1. The summed E-state index contributed by atoms with van der Waals surface area (Å²) in [5.74, 6) is 0.304. The number of esters is 1. The quantitative estimate of drug-likeness (QED) is 0.394. The SMILES string of the molecule is O=C(OCCCCc1ccccc1)C1CCCCN1S(=O)(=O)Nc1ccc(N2CCOCC2)nc1. The Morgan fingerprint density at radius 3 is 2.60 bits per heavy atom. The summed E-state index contributed by atoms with van der Waals surface area (Å²) in [6, 6.07) is 12.8. The average Bonchev–Trinajstić information content (AvgIpc) is 2.90. The summed E-state index contributed by atoms with van der Waals surface area (Å²) in [5.41, 5.74) is 1.61. The summed E-state index contributed by atoms with van der Waals surface area (Å²) >= 11 is 0. The lowest BCUT2D eigenvalue weighted by molar-refractivity contribution is -0.149. The predicted octanol–water partition coefficient (Wildman–Crippen LogP) is 3.00. The highest BCUT2D eigenvalue weighted by atomic mass is 32.2. The third-order valence-corrected chi connectivity index (χ3v) is 7.86. The largest absolute Gasteiger partial charge is 0.464 e. The molecule has 10 heteroatoms. The van der Waals surface area contributed by atoms with Crippen molar-refractivity contribution in [2.24, 2.45) is 0 Å². The third kappa shape index (κ3) is 7.16. The first-order valence-electron chi connectivity index (χ1n) is 12.3. The van der Waals surface area contributed by atoms with Crippen molar-refractivity contribution in [3.8, 4) is 0 Å². The number of carbonyl (C=O) groups excluding carboxylic acids is 1. The lowest BCUT2D eigenvalue weighted by atomic mass is 10.1. The number of benzene rings is 1. The molecular weight excluding hydrogens is 468 g/mol. The predicted molar refractivity (Wildman–Crippen MR) is 134 cm³/mol. The number of aryl methyl sites for hydroxylation is 1. The van der Waals surface area contributed by atoms with Crippen molar-refractivity contribution in [3.05, 3.63) is 54.2 Å². The number of unbranched alkanes of at least 4 members (excludes halogenated alkanes) is 1. The highest BCUT2D eigenvalue weighted by Crippen LogP contribution is 2.24. The normalized spacial score (nSPS) is 19.3. The number of carbonyl (C=O) groups is 1. The van der Waals surface area contributed by atoms with Gasteiger partial charge in [-0.1, -0.05) is 30.3 Å². The number of pyridine rings is 1. The van der Waals surface area contributed by atoms with E-state index in [-0.39, 0.29) is 13.2 Å². The molecule has 0 amide bonds. The second kappa shape index (κ2) is 12.3. The smallest absolute Gasteiger partial charge is 0.324 e. The summed E-state index contributed by atoms with van der Waals surface area (Å²) < 4.78 is 40.9. The molecule has 35 heavy (non-hydrogen) atoms. The average molecular weight is 503 g/mol. The lowest BCUT2D eigenvalue weighted by Crippen LogP contribution is -2.50. The lowest BCUT2D eigenvalue weighted by Gasteiger charge is -2.33. The Kier molecular flexibility index (Phi) is 8.95. The fourth-order valence-electron chi connectivity index (χ4n) is 4.41. The molecule has 1 aromatic heterocycles. The number of hydrogen-bond donors (Lipinski definition) is 1. The van der Waals surface area contributed by atoms with Crippen LogP contribution < -0.4 is 9.62 Å². The van der Waals surface area contributed by atoms with Crippen LogP contribution in [0.5, 0.6) is 0 Å². The number of nitrogens with one attached hydrogen (secondary N) is 1. The topological polar surface area (TPSA) is 101 Å². The Labute approximate surface area is 207 Å². The van der Waals surface area contributed by atoms with E-state index < -0.39 is 22.2 Å². The Morgan fingerprint density at radius 1 is 1.06 bits per heavy atom. The number of ether oxygens (including phenoxy) is 2. The van der Waals surface area contributed by atoms with Gasteiger partial charge in [-0.2, -0.15) is 12.7 Å². The van der Waals surface area contributed by atoms with Crippen LogP contribution in [-0.4, -0.2) is 69.2 Å². The molecule has 190 valence electrons. The zero-order valence-corrected chi connectivity index (χ0v) is 20.8. The van der Waals surface area contributed by atoms with Crippen LogP contribution in [0, 0.1) is 0 Å². The molecule has 0 spiro atoms. The third-order valence-electron chi connectivity index (χ3n) is 6.31. The van der Waals surface area contributed by atoms with Crippen LogP contribution in [0.15, 0.2) is 48.7 Å². The van der Waals surface area contributed by atoms with E-state index in [9.17, 15) is 13.2 Å². The van der Waals surface area contributed by atoms with Crippen molar-refractivity contribution in [1.82, 2.24) is 9.29 Å². The monoisotopic (exact) mass is 502 g/mol. The van der Waals surface area contributed by atoms with Gasteiger partial charge in [0.25, 0.3) is 0 Å². The van der Waals surface area contributed by atoms with Gasteiger partial charge < -0.3 is 14.4 Å². The zero-order chi connectivity index (χ0) is 24.5. The minimum atomic E-state index is -3.93. The standard InChI is InChI=1S/C25H34N4O5S/c30-25(34-17-7-5-10-21-8-2-1-3-9-21)23-11-4-6-14-29(23)35(31,32)27-22-12-13-24(26-20-22)28-15-18-33-19-16-28/h1-3,8-9,12-13,20,23,27H,4-7,10-11,14-19H2. The van der Waals surface area contributed by atoms with Gasteiger partial charge in [-0.05, 0) is 56.2 Å². The van der Waals surface area contributed by atoms with Gasteiger partial charge in [-0.3, -0.25) is 9.52 Å². The minimum Gasteiger partial charge on any atom is -0.464 e. The van der Waals surface area contributed by atoms with E-state index in [4.69, 9.17) is 9.47 Å². The second-order valence-corrected chi connectivity index (χ2v) is 10.5. The summed E-state index contributed by atoms with van der Waals surface area (Å²) in [5, 5.41) is 0. The molecule has 2 saturated heterocycles. The van der Waals surface area contributed by atoms with Gasteiger partial charge in [0.2, 0.25) is 0 Å². The first-order valence-corrected chi connectivity index (χ1v) is 13.8. The Morgan fingerprint density at radius 2 is 1.86 bits per heavy atom. The molecule has 2 aromatic rings. The Balaban J connectivity index is 1.29. The van der Waals surface area contributed by atoms with Gasteiger partial charge in [-0.25, -0.2) is 4.98 Å². The van der Waals surface area contributed by atoms with E-state index in [0.717, 1.165) is 44.6 Å². The van der Waals surface area contributed by atoms with Crippen LogP contribution in [0.3, 0.4) is 0 Å². The van der Waals surface area contributed by atoms with Crippen molar-refractivity contribution < 1.29 is 22.7 Å². The van der Waals surface area contributed by atoms with Crippen molar-refractivity contribution in [2.75, 3.05) is 49.1 Å². The molecule has 2 aliphatic heterocycles. The number of anilines is 2. The van der Waals surface area contributed by atoms with Crippen molar-refractivity contribution in [3.63, 3.8) is 0 Å². The van der Waals surface area contributed by atoms with Crippen molar-refractivity contribution >= 4 is 27.7 Å². The van der Waals surface area contributed by atoms with Gasteiger partial charge in [0.05, 0.1) is 31.7 Å². The maximum atomic E-state index is 13.1. The first-order chi connectivity index (χ1) is 17.0. The number of hydrogen-bond acceptors (Lipinski definition) is 7. The van der Waals surface area contributed by atoms with Gasteiger partial charge in [0.15, 0.2) is 0 Å². The van der Waals surface area contributed by atoms with Crippen molar-refractivity contribution in [2.45, 2.75) is 44.6 Å². The summed E-state index contributed by atoms with van der Waals surface area (Å²) in [6.45, 7) is 3.37. The molecule has 1 aromatic carbocycles. The molecule has 3 heterocycles. The minimum absolute atomic E-state index is 0.280. The Hall–Kier alpha value is -2.69.